The van der Waals surface area contributed by atoms with Crippen molar-refractivity contribution in [2.24, 2.45) is 5.92 Å². The molecule has 2 aliphatic heterocycles. The molecule has 0 saturated carbocycles. The highest BCUT2D eigenvalue weighted by molar-refractivity contribution is 6.33. The molecule has 2 aliphatic rings. The van der Waals surface area contributed by atoms with Gasteiger partial charge in [-0.2, -0.15) is 5.10 Å². The lowest BCUT2D eigenvalue weighted by Gasteiger charge is -2.17. The molecule has 0 radical (unpaired) electrons. The Morgan fingerprint density at radius 1 is 1.37 bits per heavy atom. The van der Waals surface area contributed by atoms with Crippen LogP contribution in [0.5, 0.6) is 0 Å². The number of carbonyl (C=O) groups excluding carboxylic acids is 2. The van der Waals surface area contributed by atoms with Crippen LogP contribution in [0.25, 0.3) is 0 Å². The van der Waals surface area contributed by atoms with Gasteiger partial charge in [0.05, 0.1) is 41.2 Å². The summed E-state index contributed by atoms with van der Waals surface area (Å²) in [5.74, 6) is -0.706. The first-order valence-corrected chi connectivity index (χ1v) is 9.48. The summed E-state index contributed by atoms with van der Waals surface area (Å²) in [5, 5.41) is 7.64. The maximum atomic E-state index is 12.6. The van der Waals surface area contributed by atoms with Crippen LogP contribution in [0.2, 0.25) is 5.02 Å². The van der Waals surface area contributed by atoms with Gasteiger partial charge in [-0.05, 0) is 25.0 Å². The van der Waals surface area contributed by atoms with E-state index in [-0.39, 0.29) is 24.3 Å². The number of halogens is 1. The predicted molar refractivity (Wildman–Crippen MR) is 102 cm³/mol. The standard InChI is InChI=1S/C19H21ClN4O3/c20-16-5-1-2-6-17(16)24-10-13(8-18(24)25)19(26)22-14-9-21-23(11-14)12-15-4-3-7-27-15/h1-2,5-6,9,11,13,15H,3-4,7-8,10,12H2,(H,22,26). The summed E-state index contributed by atoms with van der Waals surface area (Å²) in [6.07, 6.45) is 5.88. The molecule has 2 amide bonds. The normalized spacial score (nSPS) is 22.4. The van der Waals surface area contributed by atoms with Crippen LogP contribution >= 0.6 is 11.6 Å². The molecular formula is C19H21ClN4O3. The Morgan fingerprint density at radius 2 is 2.22 bits per heavy atom. The smallest absolute Gasteiger partial charge is 0.229 e. The van der Waals surface area contributed by atoms with Crippen molar-refractivity contribution in [2.75, 3.05) is 23.4 Å². The second-order valence-electron chi connectivity index (χ2n) is 6.93. The van der Waals surface area contributed by atoms with E-state index in [1.165, 1.54) is 0 Å². The summed E-state index contributed by atoms with van der Waals surface area (Å²) >= 11 is 6.18. The van der Waals surface area contributed by atoms with Crippen molar-refractivity contribution in [3.63, 3.8) is 0 Å². The van der Waals surface area contributed by atoms with Gasteiger partial charge in [-0.1, -0.05) is 23.7 Å². The fourth-order valence-electron chi connectivity index (χ4n) is 3.56. The van der Waals surface area contributed by atoms with Crippen LogP contribution in [-0.2, 0) is 20.9 Å². The minimum atomic E-state index is -0.421. The quantitative estimate of drug-likeness (QED) is 0.854. The van der Waals surface area contributed by atoms with E-state index in [0.29, 0.717) is 29.5 Å². The summed E-state index contributed by atoms with van der Waals surface area (Å²) in [5.41, 5.74) is 1.27. The Hall–Kier alpha value is -2.38. The van der Waals surface area contributed by atoms with Crippen molar-refractivity contribution >= 4 is 34.8 Å². The number of anilines is 2. The van der Waals surface area contributed by atoms with Crippen molar-refractivity contribution in [1.82, 2.24) is 9.78 Å². The van der Waals surface area contributed by atoms with Gasteiger partial charge in [-0.3, -0.25) is 14.3 Å². The van der Waals surface area contributed by atoms with Crippen molar-refractivity contribution < 1.29 is 14.3 Å². The van der Waals surface area contributed by atoms with Crippen LogP contribution in [0.3, 0.4) is 0 Å². The lowest BCUT2D eigenvalue weighted by molar-refractivity contribution is -0.122. The lowest BCUT2D eigenvalue weighted by Crippen LogP contribution is -2.28. The van der Waals surface area contributed by atoms with E-state index >= 15 is 0 Å². The number of nitrogens with one attached hydrogen (secondary N) is 1. The molecule has 2 aromatic rings. The van der Waals surface area contributed by atoms with Crippen molar-refractivity contribution in [1.29, 1.82) is 0 Å². The minimum Gasteiger partial charge on any atom is -0.376 e. The van der Waals surface area contributed by atoms with Crippen LogP contribution in [0.15, 0.2) is 36.7 Å². The van der Waals surface area contributed by atoms with E-state index in [0.717, 1.165) is 19.4 Å². The van der Waals surface area contributed by atoms with E-state index in [1.54, 1.807) is 34.1 Å². The Labute approximate surface area is 162 Å². The molecule has 0 bridgehead atoms. The van der Waals surface area contributed by atoms with Crippen LogP contribution in [-0.4, -0.2) is 40.9 Å². The predicted octanol–water partition coefficient (Wildman–Crippen LogP) is 2.71. The van der Waals surface area contributed by atoms with Gasteiger partial charge in [0, 0.05) is 25.8 Å². The zero-order valence-corrected chi connectivity index (χ0v) is 15.6. The van der Waals surface area contributed by atoms with Gasteiger partial charge >= 0.3 is 0 Å². The summed E-state index contributed by atoms with van der Waals surface area (Å²) in [7, 11) is 0. The number of aromatic nitrogens is 2. The van der Waals surface area contributed by atoms with Crippen molar-refractivity contribution in [2.45, 2.75) is 31.9 Å². The zero-order valence-electron chi connectivity index (χ0n) is 14.8. The molecule has 4 rings (SSSR count). The fraction of sp³-hybridized carbons (Fsp3) is 0.421. The molecule has 2 atom stereocenters. The molecule has 142 valence electrons. The molecule has 1 aromatic carbocycles. The van der Waals surface area contributed by atoms with Gasteiger partial charge in [-0.15, -0.1) is 0 Å². The lowest BCUT2D eigenvalue weighted by atomic mass is 10.1. The number of nitrogens with zero attached hydrogens (tertiary/aromatic N) is 3. The molecule has 2 unspecified atom stereocenters. The van der Waals surface area contributed by atoms with E-state index in [1.807, 2.05) is 12.1 Å². The van der Waals surface area contributed by atoms with Gasteiger partial charge < -0.3 is 15.0 Å². The SMILES string of the molecule is O=C(Nc1cnn(CC2CCCO2)c1)C1CC(=O)N(c2ccccc2Cl)C1. The zero-order chi connectivity index (χ0) is 18.8. The number of hydrogen-bond acceptors (Lipinski definition) is 4. The molecule has 27 heavy (non-hydrogen) atoms. The highest BCUT2D eigenvalue weighted by Crippen LogP contribution is 2.31. The third kappa shape index (κ3) is 3.99. The van der Waals surface area contributed by atoms with Crippen LogP contribution in [0, 0.1) is 5.92 Å². The summed E-state index contributed by atoms with van der Waals surface area (Å²) < 4.78 is 7.38. The topological polar surface area (TPSA) is 76.5 Å². The molecule has 3 heterocycles. The Morgan fingerprint density at radius 3 is 3.00 bits per heavy atom. The molecule has 7 nitrogen and oxygen atoms in total. The number of rotatable bonds is 5. The second-order valence-corrected chi connectivity index (χ2v) is 7.34. The van der Waals surface area contributed by atoms with Gasteiger partial charge in [0.25, 0.3) is 0 Å². The van der Waals surface area contributed by atoms with Crippen LogP contribution < -0.4 is 10.2 Å². The molecule has 0 aliphatic carbocycles. The van der Waals surface area contributed by atoms with E-state index in [4.69, 9.17) is 16.3 Å². The molecule has 8 heteroatoms. The first-order valence-electron chi connectivity index (χ1n) is 9.10. The molecule has 2 saturated heterocycles. The number of carbonyl (C=O) groups is 2. The molecule has 1 aromatic heterocycles. The molecule has 2 fully saturated rings. The first-order chi connectivity index (χ1) is 13.1. The minimum absolute atomic E-state index is 0.0997. The summed E-state index contributed by atoms with van der Waals surface area (Å²) in [6, 6.07) is 7.16. The van der Waals surface area contributed by atoms with E-state index in [2.05, 4.69) is 10.4 Å². The Balaban J connectivity index is 1.37. The highest BCUT2D eigenvalue weighted by Gasteiger charge is 2.36. The van der Waals surface area contributed by atoms with Crippen molar-refractivity contribution in [3.05, 3.63) is 41.7 Å². The molecule has 0 spiro atoms. The van der Waals surface area contributed by atoms with Gasteiger partial charge in [0.1, 0.15) is 0 Å². The van der Waals surface area contributed by atoms with Gasteiger partial charge in [0.2, 0.25) is 11.8 Å². The number of hydrogen-bond donors (Lipinski definition) is 1. The maximum absolute atomic E-state index is 12.6. The number of amides is 2. The average molecular weight is 389 g/mol. The van der Waals surface area contributed by atoms with Gasteiger partial charge in [0.15, 0.2) is 0 Å². The second kappa shape index (κ2) is 7.70. The molecule has 1 N–H and O–H groups in total. The first kappa shape index (κ1) is 18.0. The average Bonchev–Trinajstić information content (AvgIpc) is 3.38. The molecular weight excluding hydrogens is 368 g/mol. The third-order valence-electron chi connectivity index (χ3n) is 4.95. The number of ether oxygens (including phenoxy) is 1. The number of para-hydroxylation sites is 1. The Bertz CT molecular complexity index is 847. The monoisotopic (exact) mass is 388 g/mol. The van der Waals surface area contributed by atoms with E-state index < -0.39 is 5.92 Å². The summed E-state index contributed by atoms with van der Waals surface area (Å²) in [4.78, 5) is 26.5. The van der Waals surface area contributed by atoms with E-state index in [9.17, 15) is 9.59 Å². The maximum Gasteiger partial charge on any atom is 0.229 e. The van der Waals surface area contributed by atoms with Gasteiger partial charge in [-0.25, -0.2) is 0 Å². The fourth-order valence-corrected chi connectivity index (χ4v) is 3.79. The van der Waals surface area contributed by atoms with Crippen molar-refractivity contribution in [3.8, 4) is 0 Å². The third-order valence-corrected chi connectivity index (χ3v) is 5.27. The number of benzene rings is 1. The Kier molecular flexibility index (Phi) is 5.13. The van der Waals surface area contributed by atoms with Crippen LogP contribution in [0.1, 0.15) is 19.3 Å². The summed E-state index contributed by atoms with van der Waals surface area (Å²) in [6.45, 7) is 1.80. The highest BCUT2D eigenvalue weighted by atomic mass is 35.5. The largest absolute Gasteiger partial charge is 0.376 e. The van der Waals surface area contributed by atoms with Crippen LogP contribution in [0.4, 0.5) is 11.4 Å².